The van der Waals surface area contributed by atoms with Crippen LogP contribution in [0.2, 0.25) is 0 Å². The summed E-state index contributed by atoms with van der Waals surface area (Å²) in [5.74, 6) is 0.218. The molecule has 1 saturated carbocycles. The van der Waals surface area contributed by atoms with E-state index in [0.717, 1.165) is 25.7 Å². The largest absolute Gasteiger partial charge is 0.330 e. The zero-order chi connectivity index (χ0) is 12.5. The fourth-order valence-corrected chi connectivity index (χ4v) is 2.41. The third-order valence-electron chi connectivity index (χ3n) is 3.53. The Bertz CT molecular complexity index is 453. The fraction of sp³-hybridized carbons (Fsp3) is 0.583. The Balaban J connectivity index is 1.66. The summed E-state index contributed by atoms with van der Waals surface area (Å²) >= 11 is 0. The molecule has 0 spiro atoms. The van der Waals surface area contributed by atoms with E-state index in [1.54, 1.807) is 17.3 Å². The van der Waals surface area contributed by atoms with E-state index in [0.29, 0.717) is 12.2 Å². The van der Waals surface area contributed by atoms with E-state index in [1.807, 2.05) is 0 Å². The zero-order valence-corrected chi connectivity index (χ0v) is 10.1. The van der Waals surface area contributed by atoms with E-state index in [-0.39, 0.29) is 23.8 Å². The van der Waals surface area contributed by atoms with Crippen LogP contribution in [0, 0.1) is 5.92 Å². The number of rotatable bonds is 3. The van der Waals surface area contributed by atoms with Gasteiger partial charge in [-0.25, -0.2) is 0 Å². The summed E-state index contributed by atoms with van der Waals surface area (Å²) in [6.45, 7) is 0.707. The van der Waals surface area contributed by atoms with Crippen molar-refractivity contribution in [2.45, 2.75) is 31.7 Å². The molecule has 3 rings (SSSR count). The van der Waals surface area contributed by atoms with Crippen LogP contribution in [0.25, 0.3) is 0 Å². The Morgan fingerprint density at radius 3 is 2.89 bits per heavy atom. The van der Waals surface area contributed by atoms with Gasteiger partial charge in [-0.15, -0.1) is 0 Å². The molecule has 18 heavy (non-hydrogen) atoms. The Morgan fingerprint density at radius 2 is 2.22 bits per heavy atom. The number of nitrogens with zero attached hydrogens (tertiary/aromatic N) is 2. The number of aromatic amines is 1. The molecule has 2 amide bonds. The minimum atomic E-state index is -0.312. The predicted octanol–water partition coefficient (Wildman–Crippen LogP) is 0.749. The first-order chi connectivity index (χ1) is 8.75. The third-order valence-corrected chi connectivity index (χ3v) is 3.53. The molecule has 1 unspecified atom stereocenters. The van der Waals surface area contributed by atoms with Crippen molar-refractivity contribution in [1.29, 1.82) is 0 Å². The highest BCUT2D eigenvalue weighted by Gasteiger charge is 2.40. The van der Waals surface area contributed by atoms with Crippen LogP contribution in [0.3, 0.4) is 0 Å². The van der Waals surface area contributed by atoms with Gasteiger partial charge >= 0.3 is 0 Å². The minimum Gasteiger partial charge on any atom is -0.330 e. The SMILES string of the molecule is O=C(Nc1cn[nH]c1)C1CCCN1C(=O)C1CC1. The lowest BCUT2D eigenvalue weighted by molar-refractivity contribution is -0.137. The topological polar surface area (TPSA) is 78.1 Å². The van der Waals surface area contributed by atoms with Crippen molar-refractivity contribution in [3.05, 3.63) is 12.4 Å². The van der Waals surface area contributed by atoms with Gasteiger partial charge in [0.1, 0.15) is 6.04 Å². The van der Waals surface area contributed by atoms with Crippen molar-refractivity contribution in [1.82, 2.24) is 15.1 Å². The average Bonchev–Trinajstić information content (AvgIpc) is 2.89. The van der Waals surface area contributed by atoms with Crippen molar-refractivity contribution in [3.63, 3.8) is 0 Å². The quantitative estimate of drug-likeness (QED) is 0.828. The number of amides is 2. The molecular weight excluding hydrogens is 232 g/mol. The number of likely N-dealkylation sites (tertiary alicyclic amines) is 1. The van der Waals surface area contributed by atoms with Gasteiger partial charge in [-0.05, 0) is 25.7 Å². The predicted molar refractivity (Wildman–Crippen MR) is 64.7 cm³/mol. The van der Waals surface area contributed by atoms with Gasteiger partial charge in [0.25, 0.3) is 0 Å². The second kappa shape index (κ2) is 4.44. The monoisotopic (exact) mass is 248 g/mol. The number of carbonyl (C=O) groups excluding carboxylic acids is 2. The van der Waals surface area contributed by atoms with Crippen molar-refractivity contribution < 1.29 is 9.59 Å². The molecule has 6 heteroatoms. The first kappa shape index (κ1) is 11.3. The summed E-state index contributed by atoms with van der Waals surface area (Å²) in [5, 5.41) is 9.20. The van der Waals surface area contributed by atoms with Crippen LogP contribution in [0.15, 0.2) is 12.4 Å². The smallest absolute Gasteiger partial charge is 0.247 e. The molecule has 0 bridgehead atoms. The molecule has 1 aromatic rings. The van der Waals surface area contributed by atoms with E-state index >= 15 is 0 Å². The summed E-state index contributed by atoms with van der Waals surface area (Å²) < 4.78 is 0. The molecule has 0 aromatic carbocycles. The Labute approximate surface area is 105 Å². The maximum atomic E-state index is 12.1. The first-order valence-corrected chi connectivity index (χ1v) is 6.36. The molecule has 1 aliphatic heterocycles. The molecule has 1 saturated heterocycles. The van der Waals surface area contributed by atoms with E-state index in [9.17, 15) is 9.59 Å². The molecule has 2 heterocycles. The third kappa shape index (κ3) is 2.10. The second-order valence-electron chi connectivity index (χ2n) is 4.94. The van der Waals surface area contributed by atoms with Gasteiger partial charge in [0.2, 0.25) is 11.8 Å². The van der Waals surface area contributed by atoms with Gasteiger partial charge in [-0.2, -0.15) is 5.10 Å². The second-order valence-corrected chi connectivity index (χ2v) is 4.94. The zero-order valence-electron chi connectivity index (χ0n) is 10.1. The molecule has 2 aliphatic rings. The molecular formula is C12H16N4O2. The molecule has 96 valence electrons. The normalized spacial score (nSPS) is 23.1. The average molecular weight is 248 g/mol. The maximum absolute atomic E-state index is 12.1. The minimum absolute atomic E-state index is 0.108. The summed E-state index contributed by atoms with van der Waals surface area (Å²) in [7, 11) is 0. The lowest BCUT2D eigenvalue weighted by Crippen LogP contribution is -2.43. The van der Waals surface area contributed by atoms with Gasteiger partial charge < -0.3 is 10.2 Å². The van der Waals surface area contributed by atoms with Gasteiger partial charge in [0.05, 0.1) is 11.9 Å². The van der Waals surface area contributed by atoms with Crippen molar-refractivity contribution in [3.8, 4) is 0 Å². The van der Waals surface area contributed by atoms with Gasteiger partial charge in [0, 0.05) is 18.7 Å². The van der Waals surface area contributed by atoms with Crippen LogP contribution in [0.1, 0.15) is 25.7 Å². The summed E-state index contributed by atoms with van der Waals surface area (Å²) in [6.07, 6.45) is 6.79. The van der Waals surface area contributed by atoms with Gasteiger partial charge in [-0.3, -0.25) is 14.7 Å². The molecule has 2 fully saturated rings. The van der Waals surface area contributed by atoms with Crippen LogP contribution >= 0.6 is 0 Å². The van der Waals surface area contributed by atoms with Crippen molar-refractivity contribution in [2.24, 2.45) is 5.92 Å². The number of aromatic nitrogens is 2. The van der Waals surface area contributed by atoms with Crippen molar-refractivity contribution >= 4 is 17.5 Å². The van der Waals surface area contributed by atoms with Crippen LogP contribution in [-0.4, -0.2) is 39.5 Å². The van der Waals surface area contributed by atoms with Crippen LogP contribution in [0.5, 0.6) is 0 Å². The van der Waals surface area contributed by atoms with Crippen LogP contribution < -0.4 is 5.32 Å². The molecule has 0 radical (unpaired) electrons. The van der Waals surface area contributed by atoms with Crippen molar-refractivity contribution in [2.75, 3.05) is 11.9 Å². The highest BCUT2D eigenvalue weighted by Crippen LogP contribution is 2.33. The number of hydrogen-bond acceptors (Lipinski definition) is 3. The number of H-pyrrole nitrogens is 1. The van der Waals surface area contributed by atoms with E-state index in [2.05, 4.69) is 15.5 Å². The number of hydrogen-bond donors (Lipinski definition) is 2. The van der Waals surface area contributed by atoms with E-state index < -0.39 is 0 Å². The van der Waals surface area contributed by atoms with E-state index in [1.165, 1.54) is 0 Å². The Kier molecular flexibility index (Phi) is 2.77. The maximum Gasteiger partial charge on any atom is 0.247 e. The molecule has 1 atom stereocenters. The van der Waals surface area contributed by atoms with Crippen LogP contribution in [0.4, 0.5) is 5.69 Å². The Hall–Kier alpha value is -1.85. The van der Waals surface area contributed by atoms with Crippen LogP contribution in [-0.2, 0) is 9.59 Å². The molecule has 1 aromatic heterocycles. The molecule has 6 nitrogen and oxygen atoms in total. The summed E-state index contributed by atoms with van der Waals surface area (Å²) in [5.41, 5.74) is 0.644. The fourth-order valence-electron chi connectivity index (χ4n) is 2.41. The molecule has 1 aliphatic carbocycles. The highest BCUT2D eigenvalue weighted by molar-refractivity contribution is 5.97. The highest BCUT2D eigenvalue weighted by atomic mass is 16.2. The number of carbonyl (C=O) groups is 2. The van der Waals surface area contributed by atoms with Gasteiger partial charge in [0.15, 0.2) is 0 Å². The lowest BCUT2D eigenvalue weighted by Gasteiger charge is -2.23. The first-order valence-electron chi connectivity index (χ1n) is 6.36. The van der Waals surface area contributed by atoms with E-state index in [4.69, 9.17) is 0 Å². The number of nitrogens with one attached hydrogen (secondary N) is 2. The van der Waals surface area contributed by atoms with Gasteiger partial charge in [-0.1, -0.05) is 0 Å². The number of anilines is 1. The standard InChI is InChI=1S/C12H16N4O2/c17-11(15-9-6-13-14-7-9)10-2-1-5-16(10)12(18)8-3-4-8/h6-8,10H,1-5H2,(H,13,14)(H,15,17). The Morgan fingerprint density at radius 1 is 1.39 bits per heavy atom. The molecule has 2 N–H and O–H groups in total. The lowest BCUT2D eigenvalue weighted by atomic mass is 10.2. The summed E-state index contributed by atoms with van der Waals surface area (Å²) in [6, 6.07) is -0.312. The summed E-state index contributed by atoms with van der Waals surface area (Å²) in [4.78, 5) is 25.9.